The molecule has 2 aromatic heterocycles. The first-order valence-corrected chi connectivity index (χ1v) is 17.9. The van der Waals surface area contributed by atoms with E-state index >= 15 is 0 Å². The minimum Gasteiger partial charge on any atom is -0.414 e. The zero-order chi connectivity index (χ0) is 25.7. The predicted octanol–water partition coefficient (Wildman–Crippen LogP) is 5.75. The Morgan fingerprint density at radius 3 is 2.29 bits per heavy atom. The second-order valence-electron chi connectivity index (χ2n) is 12.3. The maximum atomic E-state index is 6.88. The molecule has 0 aliphatic carbocycles. The summed E-state index contributed by atoms with van der Waals surface area (Å²) in [6.45, 7) is 27.0. The van der Waals surface area contributed by atoms with Gasteiger partial charge in [0.1, 0.15) is 17.8 Å². The molecule has 0 radical (unpaired) electrons. The summed E-state index contributed by atoms with van der Waals surface area (Å²) in [6.07, 6.45) is 3.55. The molecule has 0 bridgehead atoms. The van der Waals surface area contributed by atoms with Gasteiger partial charge in [-0.15, -0.1) is 0 Å². The highest BCUT2D eigenvalue weighted by Crippen LogP contribution is 2.43. The van der Waals surface area contributed by atoms with Crippen molar-refractivity contribution < 1.29 is 13.6 Å². The first kappa shape index (κ1) is 27.0. The van der Waals surface area contributed by atoms with Gasteiger partial charge in [-0.05, 0) is 42.3 Å². The summed E-state index contributed by atoms with van der Waals surface area (Å²) in [5, 5.41) is 0.217. The number of rotatable bonds is 7. The van der Waals surface area contributed by atoms with Gasteiger partial charge in [0.2, 0.25) is 5.95 Å². The van der Waals surface area contributed by atoms with E-state index in [9.17, 15) is 0 Å². The second kappa shape index (κ2) is 9.12. The van der Waals surface area contributed by atoms with E-state index in [0.29, 0.717) is 29.9 Å². The minimum absolute atomic E-state index is 0.0776. The normalized spacial score (nSPS) is 22.5. The lowest BCUT2D eigenvalue weighted by atomic mass is 10.2. The minimum atomic E-state index is -2.02. The van der Waals surface area contributed by atoms with E-state index in [-0.39, 0.29) is 34.5 Å². The number of nitrogens with two attached hydrogens (primary N) is 1. The van der Waals surface area contributed by atoms with Crippen molar-refractivity contribution in [3.63, 3.8) is 0 Å². The smallest absolute Gasteiger partial charge is 0.222 e. The van der Waals surface area contributed by atoms with Crippen LogP contribution in [0.1, 0.15) is 59.9 Å². The molecule has 1 fully saturated rings. The molecule has 0 amide bonds. The second-order valence-corrected chi connectivity index (χ2v) is 21.9. The fraction of sp³-hybridized carbons (Fsp3) is 0.708. The van der Waals surface area contributed by atoms with Crippen LogP contribution in [0.15, 0.2) is 12.9 Å². The number of hydrogen-bond acceptors (Lipinski definition) is 7. The van der Waals surface area contributed by atoms with E-state index < -0.39 is 16.6 Å². The maximum absolute atomic E-state index is 6.88. The van der Waals surface area contributed by atoms with Gasteiger partial charge in [-0.1, -0.05) is 48.1 Å². The molecule has 10 heteroatoms. The van der Waals surface area contributed by atoms with Crippen molar-refractivity contribution in [3.8, 4) is 0 Å². The van der Waals surface area contributed by atoms with Crippen LogP contribution in [0.25, 0.3) is 17.2 Å². The van der Waals surface area contributed by atoms with E-state index in [1.54, 1.807) is 12.4 Å². The van der Waals surface area contributed by atoms with E-state index in [0.717, 1.165) is 0 Å². The van der Waals surface area contributed by atoms with Crippen molar-refractivity contribution in [2.45, 2.75) is 103 Å². The molecule has 0 unspecified atom stereocenters. The van der Waals surface area contributed by atoms with Crippen LogP contribution < -0.4 is 5.73 Å². The van der Waals surface area contributed by atoms with Crippen LogP contribution in [-0.4, -0.2) is 55.0 Å². The van der Waals surface area contributed by atoms with Crippen LogP contribution in [0.3, 0.4) is 0 Å². The topological polar surface area (TPSA) is 97.3 Å². The first-order valence-electron chi connectivity index (χ1n) is 12.1. The average Bonchev–Trinajstić information content (AvgIpc) is 3.27. The summed E-state index contributed by atoms with van der Waals surface area (Å²) in [6, 6.07) is 0. The van der Waals surface area contributed by atoms with Gasteiger partial charge in [0.25, 0.3) is 0 Å². The summed E-state index contributed by atoms with van der Waals surface area (Å²) < 4.78 is 22.0. The fourth-order valence-electron chi connectivity index (χ4n) is 3.52. The molecule has 1 saturated heterocycles. The van der Waals surface area contributed by atoms with E-state index in [1.165, 1.54) is 0 Å². The largest absolute Gasteiger partial charge is 0.414 e. The molecule has 3 rings (SSSR count). The van der Waals surface area contributed by atoms with Gasteiger partial charge in [0, 0.05) is 6.42 Å². The molecule has 3 heterocycles. The van der Waals surface area contributed by atoms with Gasteiger partial charge in [0.15, 0.2) is 22.3 Å². The monoisotopic (exact) mass is 505 g/mol. The molecular weight excluding hydrogens is 462 g/mol. The maximum Gasteiger partial charge on any atom is 0.222 e. The van der Waals surface area contributed by atoms with Crippen molar-refractivity contribution in [2.75, 3.05) is 12.3 Å². The molecular formula is C24H43N5O3Si2. The van der Waals surface area contributed by atoms with Gasteiger partial charge >= 0.3 is 0 Å². The van der Waals surface area contributed by atoms with Gasteiger partial charge in [0.05, 0.1) is 24.7 Å². The zero-order valence-corrected chi connectivity index (χ0v) is 24.6. The van der Waals surface area contributed by atoms with Crippen LogP contribution in [0.4, 0.5) is 5.95 Å². The lowest BCUT2D eigenvalue weighted by Gasteiger charge is -2.40. The van der Waals surface area contributed by atoms with E-state index in [4.69, 9.17) is 19.3 Å². The molecule has 2 aromatic rings. The molecule has 3 atom stereocenters. The van der Waals surface area contributed by atoms with Crippen molar-refractivity contribution in [3.05, 3.63) is 18.6 Å². The zero-order valence-electron chi connectivity index (χ0n) is 22.6. The van der Waals surface area contributed by atoms with Crippen molar-refractivity contribution >= 4 is 39.8 Å². The number of ether oxygens (including phenoxy) is 1. The van der Waals surface area contributed by atoms with Crippen molar-refractivity contribution in [1.82, 2.24) is 19.5 Å². The number of imidazole rings is 1. The Balaban J connectivity index is 1.92. The average molecular weight is 506 g/mol. The van der Waals surface area contributed by atoms with Gasteiger partial charge < -0.3 is 19.3 Å². The Morgan fingerprint density at radius 1 is 1.12 bits per heavy atom. The number of nitrogen functional groups attached to an aromatic ring is 1. The predicted molar refractivity (Wildman–Crippen MR) is 144 cm³/mol. The summed E-state index contributed by atoms with van der Waals surface area (Å²) in [4.78, 5) is 13.2. The molecule has 2 N–H and O–H groups in total. The molecule has 0 aromatic carbocycles. The third-order valence-corrected chi connectivity index (χ3v) is 16.8. The Labute approximate surface area is 206 Å². The van der Waals surface area contributed by atoms with Gasteiger partial charge in [-0.3, -0.25) is 4.57 Å². The Hall–Kier alpha value is -1.60. The van der Waals surface area contributed by atoms with Gasteiger partial charge in [-0.25, -0.2) is 9.97 Å². The Morgan fingerprint density at radius 2 is 1.74 bits per heavy atom. The van der Waals surface area contributed by atoms with Crippen LogP contribution in [0.2, 0.25) is 36.3 Å². The van der Waals surface area contributed by atoms with Crippen LogP contribution in [0, 0.1) is 0 Å². The highest BCUT2D eigenvalue weighted by molar-refractivity contribution is 6.74. The van der Waals surface area contributed by atoms with Gasteiger partial charge in [-0.2, -0.15) is 4.98 Å². The lowest BCUT2D eigenvalue weighted by Crippen LogP contribution is -2.48. The number of fused-ring (bicyclic) bond motifs is 1. The number of anilines is 1. The molecule has 8 nitrogen and oxygen atoms in total. The third-order valence-electron chi connectivity index (χ3n) is 7.82. The molecule has 1 aliphatic rings. The Kier molecular flexibility index (Phi) is 7.25. The summed E-state index contributed by atoms with van der Waals surface area (Å²) in [5.74, 6) is 0.189. The quantitative estimate of drug-likeness (QED) is 0.478. The number of hydrogen-bond donors (Lipinski definition) is 1. The Bertz CT molecular complexity index is 1040. The molecule has 0 spiro atoms. The number of nitrogens with zero attached hydrogens (tertiary/aromatic N) is 4. The molecule has 34 heavy (non-hydrogen) atoms. The van der Waals surface area contributed by atoms with Crippen LogP contribution in [-0.2, 0) is 13.6 Å². The molecule has 1 aliphatic heterocycles. The van der Waals surface area contributed by atoms with Crippen molar-refractivity contribution in [1.29, 1.82) is 0 Å². The first-order chi connectivity index (χ1) is 15.5. The number of aromatic nitrogens is 4. The standard InChI is InChI=1S/C24H43N5O3Si2/c1-12-16-20-21(28-22(25)27-16)29(15-26-20)19-13-17(32-34(10,11)24(5,6)7)18(31-19)14-30-33(8,9)23(2,3)4/h12,15,17-19H,1,13-14H2,2-11H3,(H2,25,27,28)/t17-,18+,19+/m0/s1. The van der Waals surface area contributed by atoms with Crippen LogP contribution in [0.5, 0.6) is 0 Å². The lowest BCUT2D eigenvalue weighted by molar-refractivity contribution is -0.0383. The SMILES string of the molecule is C=Cc1nc(N)nc2c1ncn2[C@H]1C[C@H](O[Si](C)(C)C(C)(C)C)[C@@H](CO[Si](C)(C)C(C)(C)C)O1. The van der Waals surface area contributed by atoms with E-state index in [1.807, 2.05) is 4.57 Å². The van der Waals surface area contributed by atoms with Crippen LogP contribution >= 0.6 is 0 Å². The van der Waals surface area contributed by atoms with Crippen molar-refractivity contribution in [2.24, 2.45) is 0 Å². The fourth-order valence-corrected chi connectivity index (χ4v) is 5.89. The summed E-state index contributed by atoms with van der Waals surface area (Å²) in [7, 11) is -3.96. The molecule has 0 saturated carbocycles. The third kappa shape index (κ3) is 5.30. The van der Waals surface area contributed by atoms with E-state index in [2.05, 4.69) is 89.3 Å². The summed E-state index contributed by atoms with van der Waals surface area (Å²) >= 11 is 0. The highest BCUT2D eigenvalue weighted by Gasteiger charge is 2.46. The highest BCUT2D eigenvalue weighted by atomic mass is 28.4. The summed E-state index contributed by atoms with van der Waals surface area (Å²) in [5.41, 5.74) is 7.88. The molecule has 190 valence electrons.